The fraction of sp³-hybridized carbons (Fsp3) is 0.222. The van der Waals surface area contributed by atoms with Crippen LogP contribution in [-0.2, 0) is 11.8 Å². The number of carbonyl (C=O) groups excluding carboxylic acids is 2. The summed E-state index contributed by atoms with van der Waals surface area (Å²) in [6.07, 6.45) is 1.58. The van der Waals surface area contributed by atoms with Gasteiger partial charge < -0.3 is 14.6 Å². The van der Waals surface area contributed by atoms with Crippen LogP contribution in [0.2, 0.25) is 0 Å². The highest BCUT2D eigenvalue weighted by atomic mass is 16.3. The van der Waals surface area contributed by atoms with E-state index in [0.29, 0.717) is 52.8 Å². The van der Waals surface area contributed by atoms with Crippen LogP contribution in [0.1, 0.15) is 34.7 Å². The van der Waals surface area contributed by atoms with E-state index >= 15 is 0 Å². The van der Waals surface area contributed by atoms with Crippen molar-refractivity contribution >= 4 is 28.6 Å². The quantitative estimate of drug-likeness (QED) is 0.370. The minimum absolute atomic E-state index is 0.0598. The number of pyridine rings is 1. The minimum atomic E-state index is -0.165. The van der Waals surface area contributed by atoms with Crippen LogP contribution in [-0.4, -0.2) is 60.0 Å². The molecular formula is C27H24N8O3. The molecule has 1 aliphatic rings. The zero-order valence-corrected chi connectivity index (χ0v) is 20.8. The molecule has 0 spiro atoms. The molecule has 11 heteroatoms. The normalized spacial score (nSPS) is 14.3. The second kappa shape index (κ2) is 9.51. The average molecular weight is 509 g/mol. The molecule has 1 aliphatic heterocycles. The first-order valence-electron chi connectivity index (χ1n) is 12.2. The topological polar surface area (TPSA) is 132 Å². The van der Waals surface area contributed by atoms with Crippen LogP contribution in [0.15, 0.2) is 71.3 Å². The van der Waals surface area contributed by atoms with Gasteiger partial charge in [-0.05, 0) is 41.1 Å². The maximum atomic E-state index is 13.3. The molecule has 38 heavy (non-hydrogen) atoms. The number of aromatic nitrogens is 6. The van der Waals surface area contributed by atoms with Crippen molar-refractivity contribution in [2.24, 2.45) is 13.0 Å². The second-order valence-electron chi connectivity index (χ2n) is 9.31. The number of hydrogen-bond donors (Lipinski definition) is 1. The highest BCUT2D eigenvalue weighted by Crippen LogP contribution is 2.36. The van der Waals surface area contributed by atoms with E-state index in [2.05, 4.69) is 42.8 Å². The summed E-state index contributed by atoms with van der Waals surface area (Å²) in [4.78, 5) is 36.7. The van der Waals surface area contributed by atoms with Crippen molar-refractivity contribution in [3.05, 3.63) is 83.9 Å². The van der Waals surface area contributed by atoms with Gasteiger partial charge in [0.2, 0.25) is 11.8 Å². The minimum Gasteiger partial charge on any atom is -0.436 e. The highest BCUT2D eigenvalue weighted by molar-refractivity contribution is 5.94. The molecule has 2 amide bonds. The number of benzene rings is 2. The summed E-state index contributed by atoms with van der Waals surface area (Å²) in [6, 6.07) is 18.7. The van der Waals surface area contributed by atoms with Gasteiger partial charge in [0, 0.05) is 43.4 Å². The van der Waals surface area contributed by atoms with Crippen molar-refractivity contribution in [3.63, 3.8) is 0 Å². The standard InChI is InChI=1S/C27H24N8O3/c1-16(36)29-20-8-9-23-21(13-20)30-26(38-23)18-10-11-28-22(12-18)27(37)35-14-19(15-35)24(17-6-4-3-5-7-17)25-31-33-34(2)32-25/h3-13,19,24H,14-15H2,1-2H3,(H,29,36). The monoisotopic (exact) mass is 508 g/mol. The lowest BCUT2D eigenvalue weighted by atomic mass is 9.80. The lowest BCUT2D eigenvalue weighted by Crippen LogP contribution is -2.52. The van der Waals surface area contributed by atoms with Crippen LogP contribution < -0.4 is 5.32 Å². The third-order valence-corrected chi connectivity index (χ3v) is 6.56. The van der Waals surface area contributed by atoms with Crippen LogP contribution in [0, 0.1) is 5.92 Å². The number of oxazole rings is 1. The number of carbonyl (C=O) groups is 2. The number of nitrogens with one attached hydrogen (secondary N) is 1. The Labute approximate surface area is 217 Å². The molecule has 2 aromatic carbocycles. The Hall–Kier alpha value is -4.93. The van der Waals surface area contributed by atoms with E-state index in [9.17, 15) is 9.59 Å². The first-order chi connectivity index (χ1) is 18.4. The van der Waals surface area contributed by atoms with Gasteiger partial charge in [0.05, 0.1) is 13.0 Å². The van der Waals surface area contributed by atoms with Gasteiger partial charge in [-0.2, -0.15) is 4.80 Å². The zero-order chi connectivity index (χ0) is 26.2. The van der Waals surface area contributed by atoms with Gasteiger partial charge in [0.1, 0.15) is 11.2 Å². The number of fused-ring (bicyclic) bond motifs is 1. The first kappa shape index (κ1) is 23.5. The fourth-order valence-corrected chi connectivity index (χ4v) is 4.78. The zero-order valence-electron chi connectivity index (χ0n) is 20.8. The molecule has 0 aliphatic carbocycles. The van der Waals surface area contributed by atoms with Gasteiger partial charge in [-0.15, -0.1) is 10.2 Å². The van der Waals surface area contributed by atoms with Crippen molar-refractivity contribution in [2.45, 2.75) is 12.8 Å². The summed E-state index contributed by atoms with van der Waals surface area (Å²) in [5, 5.41) is 15.4. The molecule has 190 valence electrons. The van der Waals surface area contributed by atoms with Gasteiger partial charge in [-0.1, -0.05) is 30.3 Å². The van der Waals surface area contributed by atoms with Crippen molar-refractivity contribution in [3.8, 4) is 11.5 Å². The number of amides is 2. The van der Waals surface area contributed by atoms with Crippen molar-refractivity contribution in [2.75, 3.05) is 18.4 Å². The number of likely N-dealkylation sites (tertiary alicyclic amines) is 1. The molecule has 11 nitrogen and oxygen atoms in total. The SMILES string of the molecule is CC(=O)Nc1ccc2oc(-c3ccnc(C(=O)N4CC(C(c5ccccc5)c5nnn(C)n5)C4)c3)nc2c1. The Balaban J connectivity index is 1.20. The molecule has 1 fully saturated rings. The van der Waals surface area contributed by atoms with E-state index in [1.807, 2.05) is 18.2 Å². The van der Waals surface area contributed by atoms with Gasteiger partial charge in [-0.3, -0.25) is 14.6 Å². The van der Waals surface area contributed by atoms with Crippen LogP contribution in [0.4, 0.5) is 5.69 Å². The highest BCUT2D eigenvalue weighted by Gasteiger charge is 2.40. The fourth-order valence-electron chi connectivity index (χ4n) is 4.78. The molecule has 5 aromatic rings. The van der Waals surface area contributed by atoms with E-state index in [4.69, 9.17) is 4.42 Å². The molecule has 1 N–H and O–H groups in total. The molecule has 0 bridgehead atoms. The number of nitrogens with zero attached hydrogens (tertiary/aromatic N) is 7. The van der Waals surface area contributed by atoms with Gasteiger partial charge in [-0.25, -0.2) is 4.98 Å². The van der Waals surface area contributed by atoms with E-state index in [0.717, 1.165) is 5.56 Å². The molecule has 3 aromatic heterocycles. The smallest absolute Gasteiger partial charge is 0.272 e. The largest absolute Gasteiger partial charge is 0.436 e. The summed E-state index contributed by atoms with van der Waals surface area (Å²) in [6.45, 7) is 2.55. The predicted molar refractivity (Wildman–Crippen MR) is 138 cm³/mol. The predicted octanol–water partition coefficient (Wildman–Crippen LogP) is 3.28. The number of hydrogen-bond acceptors (Lipinski definition) is 8. The van der Waals surface area contributed by atoms with Crippen LogP contribution >= 0.6 is 0 Å². The average Bonchev–Trinajstić information content (AvgIpc) is 3.51. The summed E-state index contributed by atoms with van der Waals surface area (Å²) in [5.41, 5.74) is 3.86. The van der Waals surface area contributed by atoms with Crippen molar-refractivity contribution in [1.82, 2.24) is 35.1 Å². The molecule has 1 unspecified atom stereocenters. The Morgan fingerprint density at radius 1 is 1.08 bits per heavy atom. The third kappa shape index (κ3) is 4.49. The second-order valence-corrected chi connectivity index (χ2v) is 9.31. The van der Waals surface area contributed by atoms with Crippen molar-refractivity contribution in [1.29, 1.82) is 0 Å². The Morgan fingerprint density at radius 2 is 1.89 bits per heavy atom. The van der Waals surface area contributed by atoms with Gasteiger partial charge in [0.25, 0.3) is 5.91 Å². The molecular weight excluding hydrogens is 484 g/mol. The van der Waals surface area contributed by atoms with Crippen molar-refractivity contribution < 1.29 is 14.0 Å². The van der Waals surface area contributed by atoms with E-state index in [-0.39, 0.29) is 23.7 Å². The number of tetrazole rings is 1. The van der Waals surface area contributed by atoms with Crippen LogP contribution in [0.5, 0.6) is 0 Å². The molecule has 0 radical (unpaired) electrons. The molecule has 0 saturated carbocycles. The first-order valence-corrected chi connectivity index (χ1v) is 12.2. The number of rotatable bonds is 6. The summed E-state index contributed by atoms with van der Waals surface area (Å²) >= 11 is 0. The Kier molecular flexibility index (Phi) is 5.87. The van der Waals surface area contributed by atoms with E-state index in [1.165, 1.54) is 11.7 Å². The van der Waals surface area contributed by atoms with E-state index in [1.54, 1.807) is 48.5 Å². The Bertz CT molecular complexity index is 1640. The lowest BCUT2D eigenvalue weighted by Gasteiger charge is -2.42. The lowest BCUT2D eigenvalue weighted by molar-refractivity contribution is -0.114. The molecule has 4 heterocycles. The van der Waals surface area contributed by atoms with E-state index < -0.39 is 0 Å². The van der Waals surface area contributed by atoms with Crippen LogP contribution in [0.3, 0.4) is 0 Å². The maximum absolute atomic E-state index is 13.3. The summed E-state index contributed by atoms with van der Waals surface area (Å²) < 4.78 is 5.90. The molecule has 6 rings (SSSR count). The third-order valence-electron chi connectivity index (χ3n) is 6.56. The summed E-state index contributed by atoms with van der Waals surface area (Å²) in [5.74, 6) is 0.788. The molecule has 1 saturated heterocycles. The maximum Gasteiger partial charge on any atom is 0.272 e. The van der Waals surface area contributed by atoms with Crippen LogP contribution in [0.25, 0.3) is 22.6 Å². The summed E-state index contributed by atoms with van der Waals surface area (Å²) in [7, 11) is 1.74. The number of anilines is 1. The molecule has 1 atom stereocenters. The number of aryl methyl sites for hydroxylation is 1. The van der Waals surface area contributed by atoms with Gasteiger partial charge >= 0.3 is 0 Å². The van der Waals surface area contributed by atoms with Gasteiger partial charge in [0.15, 0.2) is 11.4 Å². The Morgan fingerprint density at radius 3 is 2.63 bits per heavy atom.